The molecule has 1 aliphatic carbocycles. The van der Waals surface area contributed by atoms with Crippen LogP contribution in [0.2, 0.25) is 0 Å². The lowest BCUT2D eigenvalue weighted by Gasteiger charge is -2.22. The second-order valence-corrected chi connectivity index (χ2v) is 7.34. The van der Waals surface area contributed by atoms with Crippen molar-refractivity contribution < 1.29 is 9.53 Å². The van der Waals surface area contributed by atoms with Crippen molar-refractivity contribution in [3.63, 3.8) is 0 Å². The van der Waals surface area contributed by atoms with E-state index in [9.17, 15) is 4.79 Å². The standard InChI is InChI=1S/C21H25N5O2/c1-14(23-21(27)16-6-4-3-5-7-16)20-24-19-12-18(22-13-26(19)25-20)15-8-10-17(28-2)11-9-15/h8-14,16H,3-7H2,1-2H3,(H,23,27)/t14-/m1/s1. The molecule has 3 aromatic rings. The highest BCUT2D eigenvalue weighted by molar-refractivity contribution is 5.79. The van der Waals surface area contributed by atoms with E-state index in [-0.39, 0.29) is 17.9 Å². The lowest BCUT2D eigenvalue weighted by atomic mass is 9.88. The minimum Gasteiger partial charge on any atom is -0.497 e. The third kappa shape index (κ3) is 3.83. The van der Waals surface area contributed by atoms with Crippen LogP contribution in [0.3, 0.4) is 0 Å². The molecular weight excluding hydrogens is 354 g/mol. The molecular formula is C21H25N5O2. The first kappa shape index (κ1) is 18.4. The predicted octanol–water partition coefficient (Wildman–Crippen LogP) is 3.56. The van der Waals surface area contributed by atoms with E-state index in [0.717, 1.165) is 42.7 Å². The number of carbonyl (C=O) groups excluding carboxylic acids is 1. The largest absolute Gasteiger partial charge is 0.497 e. The van der Waals surface area contributed by atoms with Crippen LogP contribution in [0.1, 0.15) is 50.9 Å². The fraction of sp³-hybridized carbons (Fsp3) is 0.429. The van der Waals surface area contributed by atoms with Crippen LogP contribution in [0.5, 0.6) is 5.75 Å². The number of benzene rings is 1. The number of methoxy groups -OCH3 is 1. The third-order valence-corrected chi connectivity index (χ3v) is 5.35. The van der Waals surface area contributed by atoms with Gasteiger partial charge in [-0.25, -0.2) is 14.5 Å². The zero-order valence-electron chi connectivity index (χ0n) is 16.3. The molecule has 0 bridgehead atoms. The van der Waals surface area contributed by atoms with Gasteiger partial charge in [0.25, 0.3) is 0 Å². The number of amides is 1. The van der Waals surface area contributed by atoms with Crippen molar-refractivity contribution in [2.75, 3.05) is 7.11 Å². The lowest BCUT2D eigenvalue weighted by molar-refractivity contribution is -0.126. The van der Waals surface area contributed by atoms with Crippen LogP contribution in [0.4, 0.5) is 0 Å². The van der Waals surface area contributed by atoms with Gasteiger partial charge in [0, 0.05) is 17.5 Å². The summed E-state index contributed by atoms with van der Waals surface area (Å²) in [5, 5.41) is 7.56. The molecule has 0 aliphatic heterocycles. The van der Waals surface area contributed by atoms with Gasteiger partial charge in [-0.2, -0.15) is 0 Å². The van der Waals surface area contributed by atoms with Gasteiger partial charge in [-0.1, -0.05) is 19.3 Å². The fourth-order valence-electron chi connectivity index (χ4n) is 3.68. The normalized spacial score (nSPS) is 16.1. The fourth-order valence-corrected chi connectivity index (χ4v) is 3.68. The van der Waals surface area contributed by atoms with Crippen molar-refractivity contribution in [3.05, 3.63) is 42.5 Å². The second kappa shape index (κ2) is 7.96. The van der Waals surface area contributed by atoms with Gasteiger partial charge in [0.1, 0.15) is 12.1 Å². The number of hydrogen-bond acceptors (Lipinski definition) is 5. The molecule has 0 unspecified atom stereocenters. The smallest absolute Gasteiger partial charge is 0.223 e. The Labute approximate surface area is 164 Å². The molecule has 0 saturated heterocycles. The number of rotatable bonds is 5. The van der Waals surface area contributed by atoms with E-state index in [4.69, 9.17) is 4.74 Å². The SMILES string of the molecule is COc1ccc(-c2cc3nc([C@@H](C)NC(=O)C4CCCCC4)nn3cn2)cc1. The summed E-state index contributed by atoms with van der Waals surface area (Å²) in [4.78, 5) is 21.6. The van der Waals surface area contributed by atoms with Crippen LogP contribution >= 0.6 is 0 Å². The van der Waals surface area contributed by atoms with Gasteiger partial charge >= 0.3 is 0 Å². The van der Waals surface area contributed by atoms with Gasteiger partial charge in [-0.15, -0.1) is 5.10 Å². The Morgan fingerprint density at radius 1 is 1.21 bits per heavy atom. The van der Waals surface area contributed by atoms with Crippen molar-refractivity contribution in [1.29, 1.82) is 0 Å². The quantitative estimate of drug-likeness (QED) is 0.733. The number of aromatic nitrogens is 4. The summed E-state index contributed by atoms with van der Waals surface area (Å²) >= 11 is 0. The van der Waals surface area contributed by atoms with E-state index < -0.39 is 0 Å². The number of fused-ring (bicyclic) bond motifs is 1. The van der Waals surface area contributed by atoms with Crippen LogP contribution in [0.15, 0.2) is 36.7 Å². The molecule has 1 atom stereocenters. The second-order valence-electron chi connectivity index (χ2n) is 7.34. The first-order valence-corrected chi connectivity index (χ1v) is 9.81. The summed E-state index contributed by atoms with van der Waals surface area (Å²) in [5.41, 5.74) is 2.49. The molecule has 4 rings (SSSR count). The van der Waals surface area contributed by atoms with E-state index in [1.54, 1.807) is 18.0 Å². The highest BCUT2D eigenvalue weighted by atomic mass is 16.5. The zero-order chi connectivity index (χ0) is 19.5. The average molecular weight is 379 g/mol. The zero-order valence-corrected chi connectivity index (χ0v) is 16.3. The molecule has 1 saturated carbocycles. The highest BCUT2D eigenvalue weighted by Gasteiger charge is 2.24. The molecule has 1 N–H and O–H groups in total. The topological polar surface area (TPSA) is 81.4 Å². The van der Waals surface area contributed by atoms with Crippen molar-refractivity contribution >= 4 is 11.6 Å². The molecule has 7 heteroatoms. The molecule has 28 heavy (non-hydrogen) atoms. The number of carbonyl (C=O) groups is 1. The Balaban J connectivity index is 1.51. The maximum atomic E-state index is 12.5. The Bertz CT molecular complexity index is 961. The van der Waals surface area contributed by atoms with Crippen LogP contribution in [-0.2, 0) is 4.79 Å². The summed E-state index contributed by atoms with van der Waals surface area (Å²) in [5.74, 6) is 1.63. The van der Waals surface area contributed by atoms with E-state index in [2.05, 4.69) is 20.4 Å². The lowest BCUT2D eigenvalue weighted by Crippen LogP contribution is -2.34. The monoisotopic (exact) mass is 379 g/mol. The summed E-state index contributed by atoms with van der Waals surface area (Å²) in [6, 6.07) is 9.38. The summed E-state index contributed by atoms with van der Waals surface area (Å²) in [6.07, 6.45) is 7.12. The molecule has 1 aliphatic rings. The Hall–Kier alpha value is -2.96. The molecule has 1 amide bonds. The van der Waals surface area contributed by atoms with Crippen molar-refractivity contribution in [3.8, 4) is 17.0 Å². The van der Waals surface area contributed by atoms with E-state index in [0.29, 0.717) is 11.5 Å². The number of nitrogens with one attached hydrogen (secondary N) is 1. The van der Waals surface area contributed by atoms with Gasteiger partial charge < -0.3 is 10.1 Å². The molecule has 146 valence electrons. The van der Waals surface area contributed by atoms with Crippen molar-refractivity contribution in [2.45, 2.75) is 45.1 Å². The maximum Gasteiger partial charge on any atom is 0.223 e. The molecule has 0 spiro atoms. The van der Waals surface area contributed by atoms with Crippen LogP contribution in [0, 0.1) is 5.92 Å². The average Bonchev–Trinajstić information content (AvgIpc) is 3.18. The van der Waals surface area contributed by atoms with Gasteiger partial charge in [0.15, 0.2) is 11.5 Å². The molecule has 7 nitrogen and oxygen atoms in total. The van der Waals surface area contributed by atoms with Crippen LogP contribution < -0.4 is 10.1 Å². The Kier molecular flexibility index (Phi) is 5.23. The van der Waals surface area contributed by atoms with Gasteiger partial charge in [-0.05, 0) is 44.0 Å². The van der Waals surface area contributed by atoms with E-state index in [1.807, 2.05) is 37.3 Å². The molecule has 0 radical (unpaired) electrons. The first-order valence-electron chi connectivity index (χ1n) is 9.81. The minimum absolute atomic E-state index is 0.114. The summed E-state index contributed by atoms with van der Waals surface area (Å²) in [6.45, 7) is 1.92. The Morgan fingerprint density at radius 3 is 2.68 bits per heavy atom. The Morgan fingerprint density at radius 2 is 1.96 bits per heavy atom. The van der Waals surface area contributed by atoms with Gasteiger partial charge in [-0.3, -0.25) is 4.79 Å². The molecule has 2 heterocycles. The van der Waals surface area contributed by atoms with Crippen LogP contribution in [0.25, 0.3) is 16.9 Å². The molecule has 1 aromatic carbocycles. The van der Waals surface area contributed by atoms with E-state index >= 15 is 0 Å². The molecule has 1 fully saturated rings. The number of ether oxygens (including phenoxy) is 1. The minimum atomic E-state index is -0.237. The van der Waals surface area contributed by atoms with Gasteiger partial charge in [0.05, 0.1) is 18.8 Å². The summed E-state index contributed by atoms with van der Waals surface area (Å²) in [7, 11) is 1.64. The summed E-state index contributed by atoms with van der Waals surface area (Å²) < 4.78 is 6.84. The first-order chi connectivity index (χ1) is 13.6. The number of hydrogen-bond donors (Lipinski definition) is 1. The van der Waals surface area contributed by atoms with Crippen molar-refractivity contribution in [1.82, 2.24) is 24.9 Å². The third-order valence-electron chi connectivity index (χ3n) is 5.35. The van der Waals surface area contributed by atoms with Gasteiger partial charge in [0.2, 0.25) is 5.91 Å². The maximum absolute atomic E-state index is 12.5. The van der Waals surface area contributed by atoms with Crippen molar-refractivity contribution in [2.24, 2.45) is 5.92 Å². The number of nitrogens with zero attached hydrogens (tertiary/aromatic N) is 4. The van der Waals surface area contributed by atoms with Crippen LogP contribution in [-0.4, -0.2) is 32.6 Å². The highest BCUT2D eigenvalue weighted by Crippen LogP contribution is 2.25. The molecule has 2 aromatic heterocycles. The van der Waals surface area contributed by atoms with E-state index in [1.165, 1.54) is 6.42 Å². The predicted molar refractivity (Wildman–Crippen MR) is 106 cm³/mol.